The van der Waals surface area contributed by atoms with Gasteiger partial charge < -0.3 is 10.6 Å². The third kappa shape index (κ3) is 2.29. The second-order valence-electron chi connectivity index (χ2n) is 4.70. The summed E-state index contributed by atoms with van der Waals surface area (Å²) < 4.78 is 0. The van der Waals surface area contributed by atoms with Crippen LogP contribution >= 0.6 is 0 Å². The van der Waals surface area contributed by atoms with E-state index in [0.717, 1.165) is 36.2 Å². The van der Waals surface area contributed by atoms with Crippen LogP contribution in [-0.4, -0.2) is 18.1 Å². The van der Waals surface area contributed by atoms with Crippen molar-refractivity contribution in [1.82, 2.24) is 4.98 Å². The van der Waals surface area contributed by atoms with Gasteiger partial charge in [0, 0.05) is 18.8 Å². The number of hydrogen-bond acceptors (Lipinski definition) is 3. The van der Waals surface area contributed by atoms with Crippen LogP contribution in [0.3, 0.4) is 0 Å². The molecule has 1 aliphatic carbocycles. The molecule has 2 rings (SSSR count). The average molecular weight is 219 g/mol. The van der Waals surface area contributed by atoms with Gasteiger partial charge in [-0.3, -0.25) is 0 Å². The maximum Gasteiger partial charge on any atom is 0.152 e. The summed E-state index contributed by atoms with van der Waals surface area (Å²) in [6, 6.07) is 3.93. The van der Waals surface area contributed by atoms with Crippen molar-refractivity contribution in [3.63, 3.8) is 0 Å². The van der Waals surface area contributed by atoms with Crippen molar-refractivity contribution in [3.8, 4) is 0 Å². The molecule has 1 saturated carbocycles. The van der Waals surface area contributed by atoms with Crippen molar-refractivity contribution in [3.05, 3.63) is 17.8 Å². The number of pyridine rings is 1. The number of nitrogens with zero attached hydrogens (tertiary/aromatic N) is 2. The van der Waals surface area contributed by atoms with Gasteiger partial charge in [-0.25, -0.2) is 4.98 Å². The van der Waals surface area contributed by atoms with Crippen LogP contribution in [-0.2, 0) is 0 Å². The molecule has 1 aliphatic rings. The molecule has 0 spiro atoms. The first-order valence-corrected chi connectivity index (χ1v) is 6.18. The van der Waals surface area contributed by atoms with E-state index < -0.39 is 0 Å². The molecule has 0 unspecified atom stereocenters. The zero-order valence-electron chi connectivity index (χ0n) is 10.2. The lowest BCUT2D eigenvalue weighted by Gasteiger charge is -2.33. The van der Waals surface area contributed by atoms with Crippen molar-refractivity contribution in [2.24, 2.45) is 5.92 Å². The minimum absolute atomic E-state index is 0.798. The zero-order valence-corrected chi connectivity index (χ0v) is 10.2. The fourth-order valence-corrected chi connectivity index (χ4v) is 2.16. The highest BCUT2D eigenvalue weighted by molar-refractivity contribution is 5.62. The predicted molar refractivity (Wildman–Crippen MR) is 68.6 cm³/mol. The fraction of sp³-hybridized carbons (Fsp3) is 0.615. The largest absolute Gasteiger partial charge is 0.396 e. The summed E-state index contributed by atoms with van der Waals surface area (Å²) in [6.07, 6.45) is 4.11. The summed E-state index contributed by atoms with van der Waals surface area (Å²) >= 11 is 0. The quantitative estimate of drug-likeness (QED) is 0.846. The number of nitrogen functional groups attached to an aromatic ring is 1. The van der Waals surface area contributed by atoms with E-state index in [-0.39, 0.29) is 0 Å². The summed E-state index contributed by atoms with van der Waals surface area (Å²) in [5.74, 6) is 1.82. The Balaban J connectivity index is 2.14. The van der Waals surface area contributed by atoms with Crippen LogP contribution in [0.5, 0.6) is 0 Å². The van der Waals surface area contributed by atoms with E-state index >= 15 is 0 Å². The Bertz CT molecular complexity index is 358. The number of aromatic nitrogens is 1. The van der Waals surface area contributed by atoms with Crippen molar-refractivity contribution in [2.75, 3.05) is 23.7 Å². The van der Waals surface area contributed by atoms with Gasteiger partial charge in [-0.05, 0) is 44.7 Å². The summed E-state index contributed by atoms with van der Waals surface area (Å²) in [4.78, 5) is 6.87. The molecule has 0 atom stereocenters. The molecule has 3 heteroatoms. The van der Waals surface area contributed by atoms with Gasteiger partial charge in [-0.15, -0.1) is 0 Å². The topological polar surface area (TPSA) is 42.2 Å². The van der Waals surface area contributed by atoms with E-state index in [1.807, 2.05) is 19.1 Å². The van der Waals surface area contributed by atoms with E-state index in [4.69, 9.17) is 5.73 Å². The van der Waals surface area contributed by atoms with Gasteiger partial charge >= 0.3 is 0 Å². The van der Waals surface area contributed by atoms with Crippen LogP contribution in [0, 0.1) is 12.8 Å². The predicted octanol–water partition coefficient (Wildman–Crippen LogP) is 2.60. The summed E-state index contributed by atoms with van der Waals surface area (Å²) in [5.41, 5.74) is 7.83. The van der Waals surface area contributed by atoms with Crippen LogP contribution in [0.15, 0.2) is 12.1 Å². The Labute approximate surface area is 97.7 Å². The Morgan fingerprint density at radius 3 is 2.75 bits per heavy atom. The SMILES string of the molecule is CCN(CC1CCC1)c1nc(C)ccc1N. The summed E-state index contributed by atoms with van der Waals surface area (Å²) in [7, 11) is 0. The molecular weight excluding hydrogens is 198 g/mol. The minimum Gasteiger partial charge on any atom is -0.396 e. The molecule has 2 N–H and O–H groups in total. The van der Waals surface area contributed by atoms with Crippen LogP contribution in [0.4, 0.5) is 11.5 Å². The lowest BCUT2D eigenvalue weighted by Crippen LogP contribution is -2.33. The molecule has 0 aromatic carbocycles. The first kappa shape index (κ1) is 11.2. The molecule has 88 valence electrons. The smallest absolute Gasteiger partial charge is 0.152 e. The Morgan fingerprint density at radius 1 is 1.44 bits per heavy atom. The second-order valence-corrected chi connectivity index (χ2v) is 4.70. The Morgan fingerprint density at radius 2 is 2.19 bits per heavy atom. The van der Waals surface area contributed by atoms with Crippen molar-refractivity contribution < 1.29 is 0 Å². The molecule has 0 saturated heterocycles. The van der Waals surface area contributed by atoms with Gasteiger partial charge in [-0.1, -0.05) is 6.42 Å². The Hall–Kier alpha value is -1.25. The fourth-order valence-electron chi connectivity index (χ4n) is 2.16. The van der Waals surface area contributed by atoms with E-state index in [2.05, 4.69) is 16.8 Å². The molecule has 0 bridgehead atoms. The van der Waals surface area contributed by atoms with E-state index in [0.29, 0.717) is 0 Å². The first-order chi connectivity index (χ1) is 7.70. The average Bonchev–Trinajstić information content (AvgIpc) is 2.21. The lowest BCUT2D eigenvalue weighted by atomic mass is 9.85. The van der Waals surface area contributed by atoms with E-state index in [9.17, 15) is 0 Å². The van der Waals surface area contributed by atoms with Crippen LogP contribution in [0.1, 0.15) is 31.9 Å². The van der Waals surface area contributed by atoms with Crippen molar-refractivity contribution in [2.45, 2.75) is 33.1 Å². The third-order valence-electron chi connectivity index (χ3n) is 3.43. The molecule has 1 fully saturated rings. The number of rotatable bonds is 4. The molecule has 1 aromatic rings. The molecule has 1 aromatic heterocycles. The molecule has 16 heavy (non-hydrogen) atoms. The normalized spacial score (nSPS) is 15.9. The monoisotopic (exact) mass is 219 g/mol. The summed E-state index contributed by atoms with van der Waals surface area (Å²) in [5, 5.41) is 0. The van der Waals surface area contributed by atoms with Gasteiger partial charge in [0.15, 0.2) is 5.82 Å². The van der Waals surface area contributed by atoms with Crippen molar-refractivity contribution in [1.29, 1.82) is 0 Å². The standard InChI is InChI=1S/C13H21N3/c1-3-16(9-11-5-4-6-11)13-12(14)8-7-10(2)15-13/h7-8,11H,3-6,9,14H2,1-2H3. The number of nitrogens with two attached hydrogens (primary N) is 1. The number of hydrogen-bond donors (Lipinski definition) is 1. The van der Waals surface area contributed by atoms with Gasteiger partial charge in [0.05, 0.1) is 5.69 Å². The number of anilines is 2. The highest BCUT2D eigenvalue weighted by Crippen LogP contribution is 2.30. The van der Waals surface area contributed by atoms with Gasteiger partial charge in [0.25, 0.3) is 0 Å². The maximum atomic E-state index is 6.00. The number of aryl methyl sites for hydroxylation is 1. The van der Waals surface area contributed by atoms with Gasteiger partial charge in [0.2, 0.25) is 0 Å². The molecule has 0 radical (unpaired) electrons. The maximum absolute atomic E-state index is 6.00. The molecular formula is C13H21N3. The second kappa shape index (κ2) is 4.73. The lowest BCUT2D eigenvalue weighted by molar-refractivity contribution is 0.318. The van der Waals surface area contributed by atoms with Gasteiger partial charge in [-0.2, -0.15) is 0 Å². The minimum atomic E-state index is 0.798. The Kier molecular flexibility index (Phi) is 3.32. The van der Waals surface area contributed by atoms with Crippen LogP contribution < -0.4 is 10.6 Å². The highest BCUT2D eigenvalue weighted by Gasteiger charge is 2.21. The highest BCUT2D eigenvalue weighted by atomic mass is 15.2. The molecule has 3 nitrogen and oxygen atoms in total. The van der Waals surface area contributed by atoms with Crippen molar-refractivity contribution >= 4 is 11.5 Å². The van der Waals surface area contributed by atoms with E-state index in [1.165, 1.54) is 19.3 Å². The summed E-state index contributed by atoms with van der Waals surface area (Å²) in [6.45, 7) is 6.27. The first-order valence-electron chi connectivity index (χ1n) is 6.18. The van der Waals surface area contributed by atoms with Crippen LogP contribution in [0.2, 0.25) is 0 Å². The van der Waals surface area contributed by atoms with E-state index in [1.54, 1.807) is 0 Å². The molecule has 0 amide bonds. The van der Waals surface area contributed by atoms with Gasteiger partial charge in [0.1, 0.15) is 0 Å². The molecule has 0 aliphatic heterocycles. The van der Waals surface area contributed by atoms with Crippen LogP contribution in [0.25, 0.3) is 0 Å². The zero-order chi connectivity index (χ0) is 11.5. The third-order valence-corrected chi connectivity index (χ3v) is 3.43. The molecule has 1 heterocycles.